The number of carbonyl (C=O) groups is 2. The van der Waals surface area contributed by atoms with Crippen LogP contribution in [-0.2, 0) is 0 Å². The number of carbonyl (C=O) groups excluding carboxylic acids is 2. The van der Waals surface area contributed by atoms with Crippen molar-refractivity contribution < 1.29 is 14.0 Å². The average Bonchev–Trinajstić information content (AvgIpc) is 3.00. The Morgan fingerprint density at radius 2 is 1.79 bits per heavy atom. The number of amides is 4. The van der Waals surface area contributed by atoms with Gasteiger partial charge in [-0.1, -0.05) is 0 Å². The second kappa shape index (κ2) is 8.03. The molecule has 1 aliphatic carbocycles. The highest BCUT2D eigenvalue weighted by Gasteiger charge is 2.28. The molecule has 0 spiro atoms. The molecule has 0 radical (unpaired) electrons. The first-order valence-electron chi connectivity index (χ1n) is 9.31. The fourth-order valence-corrected chi connectivity index (χ4v) is 3.98. The standard InChI is InChI=1S/C17H29FN4O2/c18-15-3-1-13(2-4-15)11-20-17(24)21-8-5-14(6-9-21)12-22-10-7-19-16(22)23/h13-15H,1-12H2,(H,19,23)(H,20,24). The van der Waals surface area contributed by atoms with Gasteiger partial charge in [-0.05, 0) is 50.4 Å². The molecule has 136 valence electrons. The van der Waals surface area contributed by atoms with Gasteiger partial charge < -0.3 is 20.4 Å². The van der Waals surface area contributed by atoms with Crippen molar-refractivity contribution in [3.05, 3.63) is 0 Å². The van der Waals surface area contributed by atoms with E-state index in [-0.39, 0.29) is 12.1 Å². The number of urea groups is 2. The van der Waals surface area contributed by atoms with Crippen molar-refractivity contribution in [2.45, 2.75) is 44.7 Å². The van der Waals surface area contributed by atoms with Crippen LogP contribution in [0.5, 0.6) is 0 Å². The Morgan fingerprint density at radius 1 is 1.08 bits per heavy atom. The Morgan fingerprint density at radius 3 is 2.42 bits per heavy atom. The number of likely N-dealkylation sites (tertiary alicyclic amines) is 1. The Kier molecular flexibility index (Phi) is 5.79. The Hall–Kier alpha value is -1.53. The summed E-state index contributed by atoms with van der Waals surface area (Å²) >= 11 is 0. The molecule has 6 nitrogen and oxygen atoms in total. The maximum Gasteiger partial charge on any atom is 0.317 e. The van der Waals surface area contributed by atoms with E-state index in [2.05, 4.69) is 10.6 Å². The molecule has 0 aromatic rings. The molecular weight excluding hydrogens is 311 g/mol. The number of rotatable bonds is 4. The predicted octanol–water partition coefficient (Wildman–Crippen LogP) is 1.96. The van der Waals surface area contributed by atoms with Crippen LogP contribution in [-0.4, -0.2) is 67.3 Å². The van der Waals surface area contributed by atoms with Gasteiger partial charge in [-0.2, -0.15) is 0 Å². The van der Waals surface area contributed by atoms with Gasteiger partial charge >= 0.3 is 12.1 Å². The van der Waals surface area contributed by atoms with Crippen molar-refractivity contribution in [3.63, 3.8) is 0 Å². The smallest absolute Gasteiger partial charge is 0.317 e. The van der Waals surface area contributed by atoms with E-state index in [1.165, 1.54) is 0 Å². The number of hydrogen-bond acceptors (Lipinski definition) is 2. The highest BCUT2D eigenvalue weighted by atomic mass is 19.1. The molecule has 2 saturated heterocycles. The van der Waals surface area contributed by atoms with Gasteiger partial charge in [0.25, 0.3) is 0 Å². The highest BCUT2D eigenvalue weighted by Crippen LogP contribution is 2.25. The minimum Gasteiger partial charge on any atom is -0.338 e. The Labute approximate surface area is 143 Å². The lowest BCUT2D eigenvalue weighted by Crippen LogP contribution is -2.47. The largest absolute Gasteiger partial charge is 0.338 e. The van der Waals surface area contributed by atoms with Crippen LogP contribution in [0, 0.1) is 11.8 Å². The van der Waals surface area contributed by atoms with E-state index < -0.39 is 6.17 Å². The van der Waals surface area contributed by atoms with Crippen molar-refractivity contribution in [3.8, 4) is 0 Å². The molecule has 2 N–H and O–H groups in total. The first-order valence-corrected chi connectivity index (χ1v) is 9.31. The molecule has 2 aliphatic heterocycles. The van der Waals surface area contributed by atoms with Gasteiger partial charge in [0.2, 0.25) is 0 Å². The van der Waals surface area contributed by atoms with Crippen LogP contribution in [0.25, 0.3) is 0 Å². The van der Waals surface area contributed by atoms with E-state index in [9.17, 15) is 14.0 Å². The van der Waals surface area contributed by atoms with Crippen LogP contribution in [0.3, 0.4) is 0 Å². The van der Waals surface area contributed by atoms with E-state index in [1.807, 2.05) is 9.80 Å². The molecule has 7 heteroatoms. The number of hydrogen-bond donors (Lipinski definition) is 2. The molecule has 2 heterocycles. The maximum atomic E-state index is 13.1. The van der Waals surface area contributed by atoms with Gasteiger partial charge in [0.15, 0.2) is 0 Å². The lowest BCUT2D eigenvalue weighted by Gasteiger charge is -2.34. The summed E-state index contributed by atoms with van der Waals surface area (Å²) in [6.07, 6.45) is 4.28. The fraction of sp³-hybridized carbons (Fsp3) is 0.882. The van der Waals surface area contributed by atoms with Crippen molar-refractivity contribution in [1.82, 2.24) is 20.4 Å². The molecule has 3 aliphatic rings. The number of nitrogens with zero attached hydrogens (tertiary/aromatic N) is 2. The van der Waals surface area contributed by atoms with Crippen LogP contribution >= 0.6 is 0 Å². The molecule has 1 saturated carbocycles. The summed E-state index contributed by atoms with van der Waals surface area (Å²) in [4.78, 5) is 27.6. The monoisotopic (exact) mass is 340 g/mol. The van der Waals surface area contributed by atoms with Crippen LogP contribution in [0.4, 0.5) is 14.0 Å². The molecule has 24 heavy (non-hydrogen) atoms. The zero-order valence-corrected chi connectivity index (χ0v) is 14.3. The minimum absolute atomic E-state index is 0.00902. The summed E-state index contributed by atoms with van der Waals surface area (Å²) in [6, 6.07) is 0.0490. The lowest BCUT2D eigenvalue weighted by molar-refractivity contribution is 0.151. The van der Waals surface area contributed by atoms with E-state index in [4.69, 9.17) is 0 Å². The Balaban J connectivity index is 1.33. The number of piperidine rings is 1. The van der Waals surface area contributed by atoms with Crippen molar-refractivity contribution in [2.24, 2.45) is 11.8 Å². The second-order valence-electron chi connectivity index (χ2n) is 7.41. The van der Waals surface area contributed by atoms with E-state index in [0.717, 1.165) is 58.4 Å². The summed E-state index contributed by atoms with van der Waals surface area (Å²) in [5, 5.41) is 5.85. The molecule has 0 aromatic heterocycles. The third kappa shape index (κ3) is 4.51. The predicted molar refractivity (Wildman–Crippen MR) is 89.5 cm³/mol. The molecule has 0 atom stereocenters. The highest BCUT2D eigenvalue weighted by molar-refractivity contribution is 5.76. The van der Waals surface area contributed by atoms with Gasteiger partial charge in [-0.3, -0.25) is 0 Å². The van der Waals surface area contributed by atoms with Crippen molar-refractivity contribution in [1.29, 1.82) is 0 Å². The van der Waals surface area contributed by atoms with Crippen LogP contribution in [0.2, 0.25) is 0 Å². The number of halogens is 1. The van der Waals surface area contributed by atoms with Gasteiger partial charge in [-0.25, -0.2) is 14.0 Å². The second-order valence-corrected chi connectivity index (χ2v) is 7.41. The topological polar surface area (TPSA) is 64.7 Å². The quantitative estimate of drug-likeness (QED) is 0.822. The summed E-state index contributed by atoms with van der Waals surface area (Å²) < 4.78 is 13.1. The molecular formula is C17H29FN4O2. The lowest BCUT2D eigenvalue weighted by atomic mass is 9.88. The molecule has 4 amide bonds. The van der Waals surface area contributed by atoms with Crippen LogP contribution < -0.4 is 10.6 Å². The average molecular weight is 340 g/mol. The van der Waals surface area contributed by atoms with Gasteiger partial charge in [0, 0.05) is 39.3 Å². The fourth-order valence-electron chi connectivity index (χ4n) is 3.98. The van der Waals surface area contributed by atoms with Crippen molar-refractivity contribution in [2.75, 3.05) is 39.3 Å². The van der Waals surface area contributed by atoms with Crippen LogP contribution in [0.15, 0.2) is 0 Å². The summed E-state index contributed by atoms with van der Waals surface area (Å²) in [7, 11) is 0. The van der Waals surface area contributed by atoms with Crippen LogP contribution in [0.1, 0.15) is 38.5 Å². The van der Waals surface area contributed by atoms with E-state index in [1.54, 1.807) is 0 Å². The maximum absolute atomic E-state index is 13.1. The number of alkyl halides is 1. The van der Waals surface area contributed by atoms with E-state index in [0.29, 0.717) is 31.2 Å². The van der Waals surface area contributed by atoms with Gasteiger partial charge in [0.1, 0.15) is 6.17 Å². The third-order valence-electron chi connectivity index (χ3n) is 5.64. The first-order chi connectivity index (χ1) is 11.6. The minimum atomic E-state index is -0.645. The summed E-state index contributed by atoms with van der Waals surface area (Å²) in [5.74, 6) is 0.907. The molecule has 3 fully saturated rings. The first kappa shape index (κ1) is 17.3. The third-order valence-corrected chi connectivity index (χ3v) is 5.64. The van der Waals surface area contributed by atoms with Gasteiger partial charge in [0.05, 0.1) is 0 Å². The molecule has 3 rings (SSSR count). The Bertz CT molecular complexity index is 446. The normalized spacial score (nSPS) is 28.8. The molecule has 0 unspecified atom stereocenters. The zero-order valence-electron chi connectivity index (χ0n) is 14.3. The summed E-state index contributed by atoms with van der Waals surface area (Å²) in [5.41, 5.74) is 0. The number of nitrogens with one attached hydrogen (secondary N) is 2. The van der Waals surface area contributed by atoms with E-state index >= 15 is 0 Å². The molecule has 0 bridgehead atoms. The van der Waals surface area contributed by atoms with Crippen molar-refractivity contribution >= 4 is 12.1 Å². The zero-order chi connectivity index (χ0) is 16.9. The molecule has 0 aromatic carbocycles. The summed E-state index contributed by atoms with van der Waals surface area (Å²) in [6.45, 7) is 4.50. The SMILES string of the molecule is O=C(NCC1CCC(F)CC1)N1CCC(CN2CCNC2=O)CC1. The van der Waals surface area contributed by atoms with Gasteiger partial charge in [-0.15, -0.1) is 0 Å².